The smallest absolute Gasteiger partial charge is 0.245 e. The number of benzene rings is 2. The van der Waals surface area contributed by atoms with Crippen LogP contribution in [-0.2, 0) is 15.0 Å². The normalized spacial score (nSPS) is 15.3. The lowest BCUT2D eigenvalue weighted by molar-refractivity contribution is -0.134. The lowest BCUT2D eigenvalue weighted by Crippen LogP contribution is -2.42. The van der Waals surface area contributed by atoms with Crippen LogP contribution < -0.4 is 5.32 Å². The van der Waals surface area contributed by atoms with Gasteiger partial charge in [0.05, 0.1) is 11.6 Å². The summed E-state index contributed by atoms with van der Waals surface area (Å²) in [5.41, 5.74) is 1.11. The van der Waals surface area contributed by atoms with E-state index >= 15 is 0 Å². The van der Waals surface area contributed by atoms with Crippen LogP contribution in [0.4, 0.5) is 5.82 Å². The number of halogens is 1. The second-order valence-corrected chi connectivity index (χ2v) is 7.46. The standard InChI is InChI=1S/C23H20ClN3O2/c24-19-11-12-20(25-15-19)26-21(28)16-27-14-13-23(22(27)29,17-7-3-1-4-8-17)18-9-5-2-6-10-18/h1-12,15H,13-14,16H2,(H,25,26,28). The Balaban J connectivity index is 1.58. The van der Waals surface area contributed by atoms with Gasteiger partial charge in [0.15, 0.2) is 0 Å². The molecule has 1 aliphatic heterocycles. The molecule has 29 heavy (non-hydrogen) atoms. The van der Waals surface area contributed by atoms with Gasteiger partial charge in [-0.15, -0.1) is 0 Å². The topological polar surface area (TPSA) is 62.3 Å². The molecule has 0 bridgehead atoms. The van der Waals surface area contributed by atoms with E-state index in [-0.39, 0.29) is 18.4 Å². The molecule has 1 aromatic heterocycles. The van der Waals surface area contributed by atoms with Gasteiger partial charge in [-0.1, -0.05) is 72.3 Å². The summed E-state index contributed by atoms with van der Waals surface area (Å²) in [5, 5.41) is 3.21. The molecule has 146 valence electrons. The van der Waals surface area contributed by atoms with Crippen molar-refractivity contribution in [2.45, 2.75) is 11.8 Å². The molecule has 0 spiro atoms. The molecule has 0 aliphatic carbocycles. The maximum atomic E-state index is 13.6. The second-order valence-electron chi connectivity index (χ2n) is 7.02. The molecule has 1 aliphatic rings. The first kappa shape index (κ1) is 19.2. The number of hydrogen-bond acceptors (Lipinski definition) is 3. The monoisotopic (exact) mass is 405 g/mol. The maximum absolute atomic E-state index is 13.6. The minimum absolute atomic E-state index is 0.0233. The van der Waals surface area contributed by atoms with Crippen molar-refractivity contribution in [2.75, 3.05) is 18.4 Å². The van der Waals surface area contributed by atoms with E-state index in [0.717, 1.165) is 11.1 Å². The molecule has 6 heteroatoms. The maximum Gasteiger partial charge on any atom is 0.245 e. The van der Waals surface area contributed by atoms with Gasteiger partial charge in [-0.2, -0.15) is 0 Å². The van der Waals surface area contributed by atoms with Crippen molar-refractivity contribution in [1.82, 2.24) is 9.88 Å². The summed E-state index contributed by atoms with van der Waals surface area (Å²) in [6, 6.07) is 22.8. The molecule has 0 atom stereocenters. The van der Waals surface area contributed by atoms with Gasteiger partial charge in [0.2, 0.25) is 11.8 Å². The number of pyridine rings is 1. The summed E-state index contributed by atoms with van der Waals surface area (Å²) >= 11 is 5.82. The summed E-state index contributed by atoms with van der Waals surface area (Å²) in [4.78, 5) is 31.8. The first-order chi connectivity index (χ1) is 14.1. The zero-order valence-electron chi connectivity index (χ0n) is 15.7. The molecule has 2 aromatic carbocycles. The molecule has 5 nitrogen and oxygen atoms in total. The molecule has 1 saturated heterocycles. The van der Waals surface area contributed by atoms with E-state index in [0.29, 0.717) is 23.8 Å². The molecule has 0 radical (unpaired) electrons. The van der Waals surface area contributed by atoms with Crippen LogP contribution in [0.1, 0.15) is 17.5 Å². The Hall–Kier alpha value is -3.18. The van der Waals surface area contributed by atoms with Crippen molar-refractivity contribution in [3.05, 3.63) is 95.1 Å². The van der Waals surface area contributed by atoms with Gasteiger partial charge < -0.3 is 10.2 Å². The zero-order chi connectivity index (χ0) is 20.3. The Labute approximate surface area is 174 Å². The van der Waals surface area contributed by atoms with Crippen molar-refractivity contribution in [3.8, 4) is 0 Å². The van der Waals surface area contributed by atoms with Crippen LogP contribution in [0, 0.1) is 0 Å². The molecule has 3 aromatic rings. The van der Waals surface area contributed by atoms with Gasteiger partial charge in [0, 0.05) is 12.7 Å². The van der Waals surface area contributed by atoms with Crippen LogP contribution in [0.15, 0.2) is 79.0 Å². The summed E-state index contributed by atoms with van der Waals surface area (Å²) < 4.78 is 0. The molecule has 1 N–H and O–H groups in total. The van der Waals surface area contributed by atoms with Crippen molar-refractivity contribution in [1.29, 1.82) is 0 Å². The van der Waals surface area contributed by atoms with Crippen LogP contribution in [0.25, 0.3) is 0 Å². The average Bonchev–Trinajstić information content (AvgIpc) is 3.08. The number of carbonyl (C=O) groups is 2. The Morgan fingerprint density at radius 2 is 1.62 bits per heavy atom. The Kier molecular flexibility index (Phi) is 5.32. The summed E-state index contributed by atoms with van der Waals surface area (Å²) in [5.74, 6) is 0.0580. The SMILES string of the molecule is O=C(CN1CCC(c2ccccc2)(c2ccccc2)C1=O)Nc1ccc(Cl)cn1. The van der Waals surface area contributed by atoms with Gasteiger partial charge in [-0.3, -0.25) is 9.59 Å². The molecule has 4 rings (SSSR count). The number of carbonyl (C=O) groups excluding carboxylic acids is 2. The predicted molar refractivity (Wildman–Crippen MR) is 113 cm³/mol. The van der Waals surface area contributed by atoms with Crippen molar-refractivity contribution in [3.63, 3.8) is 0 Å². The van der Waals surface area contributed by atoms with E-state index in [1.165, 1.54) is 6.20 Å². The fourth-order valence-electron chi connectivity index (χ4n) is 3.89. The molecule has 0 unspecified atom stereocenters. The lowest BCUT2D eigenvalue weighted by Gasteiger charge is -2.29. The van der Waals surface area contributed by atoms with Crippen molar-refractivity contribution in [2.24, 2.45) is 0 Å². The number of rotatable bonds is 5. The number of aromatic nitrogens is 1. The Bertz CT molecular complexity index is 968. The molecule has 2 amide bonds. The highest BCUT2D eigenvalue weighted by atomic mass is 35.5. The molecule has 0 saturated carbocycles. The van der Waals surface area contributed by atoms with E-state index in [1.54, 1.807) is 17.0 Å². The first-order valence-corrected chi connectivity index (χ1v) is 9.79. The third kappa shape index (κ3) is 3.74. The van der Waals surface area contributed by atoms with Gasteiger partial charge in [-0.05, 0) is 29.7 Å². The van der Waals surface area contributed by atoms with E-state index in [1.807, 2.05) is 60.7 Å². The fourth-order valence-corrected chi connectivity index (χ4v) is 4.00. The van der Waals surface area contributed by atoms with Crippen LogP contribution in [-0.4, -0.2) is 34.8 Å². The zero-order valence-corrected chi connectivity index (χ0v) is 16.5. The van der Waals surface area contributed by atoms with E-state index in [2.05, 4.69) is 10.3 Å². The van der Waals surface area contributed by atoms with Gasteiger partial charge in [0.25, 0.3) is 0 Å². The molecule has 1 fully saturated rings. The van der Waals surface area contributed by atoms with Crippen LogP contribution >= 0.6 is 11.6 Å². The molecular weight excluding hydrogens is 386 g/mol. The Morgan fingerprint density at radius 1 is 1.00 bits per heavy atom. The largest absolute Gasteiger partial charge is 0.332 e. The summed E-state index contributed by atoms with van der Waals surface area (Å²) in [6.45, 7) is 0.481. The van der Waals surface area contributed by atoms with Crippen molar-refractivity contribution >= 4 is 29.2 Å². The lowest BCUT2D eigenvalue weighted by atomic mass is 9.73. The third-order valence-electron chi connectivity index (χ3n) is 5.27. The fraction of sp³-hybridized carbons (Fsp3) is 0.174. The predicted octanol–water partition coefficient (Wildman–Crippen LogP) is 3.89. The minimum Gasteiger partial charge on any atom is -0.332 e. The van der Waals surface area contributed by atoms with E-state index in [9.17, 15) is 9.59 Å². The number of hydrogen-bond donors (Lipinski definition) is 1. The van der Waals surface area contributed by atoms with Gasteiger partial charge >= 0.3 is 0 Å². The number of likely N-dealkylation sites (tertiary alicyclic amines) is 1. The average molecular weight is 406 g/mol. The quantitative estimate of drug-likeness (QED) is 0.700. The van der Waals surface area contributed by atoms with Crippen molar-refractivity contribution < 1.29 is 9.59 Å². The second kappa shape index (κ2) is 8.05. The number of amides is 2. The summed E-state index contributed by atoms with van der Waals surface area (Å²) in [6.07, 6.45) is 2.08. The third-order valence-corrected chi connectivity index (χ3v) is 5.50. The highest BCUT2D eigenvalue weighted by Crippen LogP contribution is 2.41. The van der Waals surface area contributed by atoms with Crippen LogP contribution in [0.2, 0.25) is 5.02 Å². The minimum atomic E-state index is -0.776. The summed E-state index contributed by atoms with van der Waals surface area (Å²) in [7, 11) is 0. The highest BCUT2D eigenvalue weighted by molar-refractivity contribution is 6.30. The Morgan fingerprint density at radius 3 is 2.17 bits per heavy atom. The van der Waals surface area contributed by atoms with Crippen LogP contribution in [0.5, 0.6) is 0 Å². The van der Waals surface area contributed by atoms with Crippen LogP contribution in [0.3, 0.4) is 0 Å². The number of nitrogens with zero attached hydrogens (tertiary/aromatic N) is 2. The van der Waals surface area contributed by atoms with E-state index < -0.39 is 5.41 Å². The van der Waals surface area contributed by atoms with Gasteiger partial charge in [0.1, 0.15) is 11.2 Å². The first-order valence-electron chi connectivity index (χ1n) is 9.41. The molecular formula is C23H20ClN3O2. The highest BCUT2D eigenvalue weighted by Gasteiger charge is 2.49. The number of anilines is 1. The van der Waals surface area contributed by atoms with E-state index in [4.69, 9.17) is 11.6 Å². The number of nitrogens with one attached hydrogen (secondary N) is 1. The van der Waals surface area contributed by atoms with Gasteiger partial charge in [-0.25, -0.2) is 4.98 Å². The molecule has 2 heterocycles.